The second-order valence-corrected chi connectivity index (χ2v) is 2.90. The number of ether oxygens (including phenoxy) is 1. The maximum absolute atomic E-state index is 13.1. The lowest BCUT2D eigenvalue weighted by Crippen LogP contribution is -2.19. The van der Waals surface area contributed by atoms with E-state index >= 15 is 0 Å². The topological polar surface area (TPSA) is 47.3 Å². The number of thiocarbonyl (C=S) groups is 1. The van der Waals surface area contributed by atoms with E-state index in [0.717, 1.165) is 6.07 Å². The minimum Gasteiger partial charge on any atom is -0.494 e. The van der Waals surface area contributed by atoms with Crippen LogP contribution in [0.2, 0.25) is 0 Å². The lowest BCUT2D eigenvalue weighted by atomic mass is 10.2. The van der Waals surface area contributed by atoms with Crippen LogP contribution in [0.15, 0.2) is 12.1 Å². The number of hydrogen-bond acceptors (Lipinski definition) is 2. The first-order valence-electron chi connectivity index (χ1n) is 3.64. The summed E-state index contributed by atoms with van der Waals surface area (Å²) in [4.78, 5) is 0. The first kappa shape index (κ1) is 10.6. The Morgan fingerprint density at radius 1 is 1.43 bits per heavy atom. The van der Waals surface area contributed by atoms with Crippen LogP contribution in [-0.2, 0) is 0 Å². The molecule has 0 saturated heterocycles. The molecule has 1 aromatic rings. The Hall–Kier alpha value is -1.43. The van der Waals surface area contributed by atoms with Gasteiger partial charge in [-0.25, -0.2) is 8.78 Å². The molecular formula is C8H8F2N2OS. The standard InChI is InChI=1S/C8H8F2N2OS/c1-13-7-3-6(12-8(11)14)4(9)2-5(7)10/h2-3H,1H3,(H3,11,12,14). The van der Waals surface area contributed by atoms with E-state index in [0.29, 0.717) is 6.07 Å². The monoisotopic (exact) mass is 218 g/mol. The fraction of sp³-hybridized carbons (Fsp3) is 0.125. The van der Waals surface area contributed by atoms with Gasteiger partial charge in [-0.3, -0.25) is 0 Å². The molecule has 1 aromatic carbocycles. The highest BCUT2D eigenvalue weighted by molar-refractivity contribution is 7.80. The number of benzene rings is 1. The van der Waals surface area contributed by atoms with Crippen molar-refractivity contribution in [3.8, 4) is 5.75 Å². The average molecular weight is 218 g/mol. The summed E-state index contributed by atoms with van der Waals surface area (Å²) in [5.41, 5.74) is 5.12. The zero-order chi connectivity index (χ0) is 10.7. The van der Waals surface area contributed by atoms with Gasteiger partial charge in [0.1, 0.15) is 5.82 Å². The quantitative estimate of drug-likeness (QED) is 0.741. The summed E-state index contributed by atoms with van der Waals surface area (Å²) in [6, 6.07) is 1.84. The van der Waals surface area contributed by atoms with E-state index in [1.165, 1.54) is 7.11 Å². The molecule has 3 nitrogen and oxygen atoms in total. The van der Waals surface area contributed by atoms with E-state index in [1.807, 2.05) is 0 Å². The minimum atomic E-state index is -0.781. The van der Waals surface area contributed by atoms with Crippen LogP contribution in [0.1, 0.15) is 0 Å². The summed E-state index contributed by atoms with van der Waals surface area (Å²) in [6.45, 7) is 0. The first-order chi connectivity index (χ1) is 6.54. The Labute approximate surface area is 84.9 Å². The molecule has 0 aliphatic rings. The molecule has 0 bridgehead atoms. The molecule has 1 rings (SSSR count). The van der Waals surface area contributed by atoms with Crippen molar-refractivity contribution < 1.29 is 13.5 Å². The lowest BCUT2D eigenvalue weighted by Gasteiger charge is -2.08. The maximum atomic E-state index is 13.1. The van der Waals surface area contributed by atoms with Crippen LogP contribution in [0.25, 0.3) is 0 Å². The fourth-order valence-corrected chi connectivity index (χ4v) is 1.02. The van der Waals surface area contributed by atoms with Crippen LogP contribution in [0.5, 0.6) is 5.75 Å². The van der Waals surface area contributed by atoms with Crippen molar-refractivity contribution in [3.63, 3.8) is 0 Å². The van der Waals surface area contributed by atoms with Gasteiger partial charge in [-0.1, -0.05) is 0 Å². The van der Waals surface area contributed by atoms with Crippen LogP contribution >= 0.6 is 12.2 Å². The van der Waals surface area contributed by atoms with Gasteiger partial charge < -0.3 is 15.8 Å². The zero-order valence-electron chi connectivity index (χ0n) is 7.30. The molecule has 0 amide bonds. The minimum absolute atomic E-state index is 0.0178. The molecule has 0 aliphatic carbocycles. The second kappa shape index (κ2) is 4.19. The van der Waals surface area contributed by atoms with Crippen molar-refractivity contribution in [3.05, 3.63) is 23.8 Å². The smallest absolute Gasteiger partial charge is 0.168 e. The molecule has 0 spiro atoms. The van der Waals surface area contributed by atoms with Crippen molar-refractivity contribution in [1.82, 2.24) is 0 Å². The summed E-state index contributed by atoms with van der Waals surface area (Å²) in [5, 5.41) is 2.26. The Kier molecular flexibility index (Phi) is 3.19. The highest BCUT2D eigenvalue weighted by atomic mass is 32.1. The first-order valence-corrected chi connectivity index (χ1v) is 4.05. The van der Waals surface area contributed by atoms with Crippen LogP contribution in [0.3, 0.4) is 0 Å². The van der Waals surface area contributed by atoms with Crippen molar-refractivity contribution >= 4 is 23.0 Å². The Morgan fingerprint density at radius 3 is 2.57 bits per heavy atom. The number of rotatable bonds is 2. The number of hydrogen-bond donors (Lipinski definition) is 2. The third-order valence-corrected chi connectivity index (χ3v) is 1.60. The highest BCUT2D eigenvalue weighted by Gasteiger charge is 2.10. The molecule has 0 fully saturated rings. The Bertz CT molecular complexity index is 371. The molecule has 0 heterocycles. The van der Waals surface area contributed by atoms with Crippen molar-refractivity contribution in [2.75, 3.05) is 12.4 Å². The summed E-state index contributed by atoms with van der Waals surface area (Å²) in [7, 11) is 1.28. The molecule has 76 valence electrons. The van der Waals surface area contributed by atoms with Gasteiger partial charge in [0.2, 0.25) is 0 Å². The van der Waals surface area contributed by atoms with Crippen LogP contribution in [-0.4, -0.2) is 12.2 Å². The molecular weight excluding hydrogens is 210 g/mol. The number of nitrogens with two attached hydrogens (primary N) is 1. The van der Waals surface area contributed by atoms with Crippen LogP contribution in [0.4, 0.5) is 14.5 Å². The molecule has 3 N–H and O–H groups in total. The van der Waals surface area contributed by atoms with E-state index in [2.05, 4.69) is 22.3 Å². The van der Waals surface area contributed by atoms with Gasteiger partial charge in [0, 0.05) is 12.1 Å². The Balaban J connectivity index is 3.10. The SMILES string of the molecule is COc1cc(NC(N)=S)c(F)cc1F. The van der Waals surface area contributed by atoms with E-state index in [-0.39, 0.29) is 16.5 Å². The van der Waals surface area contributed by atoms with E-state index < -0.39 is 11.6 Å². The van der Waals surface area contributed by atoms with Gasteiger partial charge in [-0.15, -0.1) is 0 Å². The summed E-state index contributed by atoms with van der Waals surface area (Å²) >= 11 is 4.51. The van der Waals surface area contributed by atoms with E-state index in [9.17, 15) is 8.78 Å². The molecule has 0 radical (unpaired) electrons. The predicted molar refractivity (Wildman–Crippen MR) is 53.3 cm³/mol. The van der Waals surface area contributed by atoms with Crippen molar-refractivity contribution in [1.29, 1.82) is 0 Å². The van der Waals surface area contributed by atoms with E-state index in [1.54, 1.807) is 0 Å². The van der Waals surface area contributed by atoms with Gasteiger partial charge in [0.15, 0.2) is 16.7 Å². The largest absolute Gasteiger partial charge is 0.494 e. The zero-order valence-corrected chi connectivity index (χ0v) is 8.12. The van der Waals surface area contributed by atoms with Gasteiger partial charge >= 0.3 is 0 Å². The number of halogens is 2. The second-order valence-electron chi connectivity index (χ2n) is 2.46. The number of nitrogens with one attached hydrogen (secondary N) is 1. The molecule has 6 heteroatoms. The normalized spacial score (nSPS) is 9.64. The van der Waals surface area contributed by atoms with Crippen LogP contribution < -0.4 is 15.8 Å². The van der Waals surface area contributed by atoms with Crippen molar-refractivity contribution in [2.45, 2.75) is 0 Å². The maximum Gasteiger partial charge on any atom is 0.168 e. The van der Waals surface area contributed by atoms with Crippen molar-refractivity contribution in [2.24, 2.45) is 5.73 Å². The summed E-state index contributed by atoms with van der Waals surface area (Å²) in [6.07, 6.45) is 0. The average Bonchev–Trinajstić information content (AvgIpc) is 2.09. The molecule has 14 heavy (non-hydrogen) atoms. The predicted octanol–water partition coefficient (Wildman–Crippen LogP) is 1.63. The van der Waals surface area contributed by atoms with Gasteiger partial charge in [0.25, 0.3) is 0 Å². The lowest BCUT2D eigenvalue weighted by molar-refractivity contribution is 0.384. The fourth-order valence-electron chi connectivity index (χ4n) is 0.914. The van der Waals surface area contributed by atoms with E-state index in [4.69, 9.17) is 5.73 Å². The molecule has 0 aromatic heterocycles. The third-order valence-electron chi connectivity index (χ3n) is 1.50. The molecule has 0 aliphatic heterocycles. The summed E-state index contributed by atoms with van der Waals surface area (Å²) < 4.78 is 30.6. The molecule has 0 atom stereocenters. The third kappa shape index (κ3) is 2.29. The summed E-state index contributed by atoms with van der Waals surface area (Å²) in [5.74, 6) is -1.64. The molecule has 0 saturated carbocycles. The van der Waals surface area contributed by atoms with Crippen LogP contribution in [0, 0.1) is 11.6 Å². The Morgan fingerprint density at radius 2 is 2.07 bits per heavy atom. The van der Waals surface area contributed by atoms with Gasteiger partial charge in [0.05, 0.1) is 12.8 Å². The van der Waals surface area contributed by atoms with Gasteiger partial charge in [-0.2, -0.15) is 0 Å². The number of methoxy groups -OCH3 is 1. The van der Waals surface area contributed by atoms with Gasteiger partial charge in [-0.05, 0) is 12.2 Å². The molecule has 0 unspecified atom stereocenters. The number of anilines is 1. The highest BCUT2D eigenvalue weighted by Crippen LogP contribution is 2.24.